The van der Waals surface area contributed by atoms with Crippen LogP contribution >= 0.6 is 0 Å². The number of anilines is 1. The van der Waals surface area contributed by atoms with Crippen molar-refractivity contribution < 1.29 is 22.2 Å². The minimum absolute atomic E-state index is 0.107. The lowest BCUT2D eigenvalue weighted by molar-refractivity contribution is -0.136. The number of hydrogen-bond donors (Lipinski definition) is 2. The van der Waals surface area contributed by atoms with E-state index in [1.54, 1.807) is 0 Å². The number of carbonyl (C=O) groups is 1. The molecule has 8 heteroatoms. The van der Waals surface area contributed by atoms with E-state index in [2.05, 4.69) is 5.32 Å². The van der Waals surface area contributed by atoms with Crippen LogP contribution in [0.3, 0.4) is 0 Å². The Bertz CT molecular complexity index is 518. The Labute approximate surface area is 117 Å². The van der Waals surface area contributed by atoms with Gasteiger partial charge in [-0.3, -0.25) is 9.00 Å². The number of nitrogens with one attached hydrogen (secondary N) is 1. The maximum absolute atomic E-state index is 12.6. The first kappa shape index (κ1) is 16.5. The predicted octanol–water partition coefficient (Wildman–Crippen LogP) is 1.79. The van der Waals surface area contributed by atoms with Crippen molar-refractivity contribution in [3.8, 4) is 0 Å². The van der Waals surface area contributed by atoms with Crippen LogP contribution in [0.2, 0.25) is 0 Å². The molecule has 0 fully saturated rings. The van der Waals surface area contributed by atoms with E-state index in [1.807, 2.05) is 0 Å². The van der Waals surface area contributed by atoms with Gasteiger partial charge in [-0.2, -0.15) is 13.2 Å². The topological polar surface area (TPSA) is 72.2 Å². The van der Waals surface area contributed by atoms with Gasteiger partial charge in [-0.25, -0.2) is 0 Å². The molecule has 0 aliphatic heterocycles. The maximum Gasteiger partial charge on any atom is 0.418 e. The summed E-state index contributed by atoms with van der Waals surface area (Å²) in [5.74, 6) is -0.187. The smallest absolute Gasteiger partial charge is 0.398 e. The Hall–Kier alpha value is -1.57. The van der Waals surface area contributed by atoms with Gasteiger partial charge in [0.2, 0.25) is 0 Å². The van der Waals surface area contributed by atoms with E-state index in [1.165, 1.54) is 12.3 Å². The van der Waals surface area contributed by atoms with Crippen LogP contribution in [0.4, 0.5) is 18.9 Å². The van der Waals surface area contributed by atoms with Gasteiger partial charge in [0.15, 0.2) is 0 Å². The summed E-state index contributed by atoms with van der Waals surface area (Å²) in [5.41, 5.74) is 3.69. The molecule has 20 heavy (non-hydrogen) atoms. The van der Waals surface area contributed by atoms with Gasteiger partial charge in [-0.1, -0.05) is 0 Å². The second-order valence-corrected chi connectivity index (χ2v) is 5.74. The lowest BCUT2D eigenvalue weighted by Gasteiger charge is -2.11. The van der Waals surface area contributed by atoms with Crippen molar-refractivity contribution in [2.24, 2.45) is 0 Å². The molecule has 0 aliphatic rings. The molecule has 1 amide bonds. The first-order chi connectivity index (χ1) is 9.21. The fourth-order valence-corrected chi connectivity index (χ4v) is 2.07. The predicted molar refractivity (Wildman–Crippen MR) is 71.7 cm³/mol. The number of carbonyl (C=O) groups excluding carboxylic acids is 1. The fourth-order valence-electron chi connectivity index (χ4n) is 1.52. The Kier molecular flexibility index (Phi) is 5.55. The molecule has 0 aliphatic carbocycles. The van der Waals surface area contributed by atoms with E-state index in [4.69, 9.17) is 5.73 Å². The number of hydrogen-bond acceptors (Lipinski definition) is 3. The van der Waals surface area contributed by atoms with Crippen molar-refractivity contribution in [2.45, 2.75) is 12.6 Å². The quantitative estimate of drug-likeness (QED) is 0.643. The van der Waals surface area contributed by atoms with E-state index < -0.39 is 34.1 Å². The van der Waals surface area contributed by atoms with Crippen LogP contribution < -0.4 is 11.1 Å². The number of rotatable bonds is 5. The molecular weight excluding hydrogens is 293 g/mol. The normalized spacial score (nSPS) is 13.0. The number of nitrogen functional groups attached to an aromatic ring is 1. The van der Waals surface area contributed by atoms with Crippen molar-refractivity contribution in [3.05, 3.63) is 29.3 Å². The molecule has 1 rings (SSSR count). The monoisotopic (exact) mass is 308 g/mol. The van der Waals surface area contributed by atoms with Gasteiger partial charge in [0, 0.05) is 40.6 Å². The van der Waals surface area contributed by atoms with Crippen LogP contribution in [0.5, 0.6) is 0 Å². The second-order valence-electron chi connectivity index (χ2n) is 4.19. The highest BCUT2D eigenvalue weighted by molar-refractivity contribution is 7.84. The van der Waals surface area contributed by atoms with E-state index in [0.29, 0.717) is 12.2 Å². The molecule has 0 aromatic heterocycles. The number of amides is 1. The van der Waals surface area contributed by atoms with Gasteiger partial charge in [-0.05, 0) is 24.6 Å². The molecule has 0 saturated carbocycles. The first-order valence-corrected chi connectivity index (χ1v) is 7.49. The molecule has 1 aromatic carbocycles. The first-order valence-electron chi connectivity index (χ1n) is 5.76. The summed E-state index contributed by atoms with van der Waals surface area (Å²) in [6.45, 7) is 0.254. The van der Waals surface area contributed by atoms with Crippen LogP contribution in [0.25, 0.3) is 0 Å². The van der Waals surface area contributed by atoms with E-state index in [9.17, 15) is 22.2 Å². The largest absolute Gasteiger partial charge is 0.418 e. The molecule has 1 aromatic rings. The Morgan fingerprint density at radius 2 is 2.05 bits per heavy atom. The highest BCUT2D eigenvalue weighted by atomic mass is 32.2. The fraction of sp³-hybridized carbons (Fsp3) is 0.417. The molecule has 1 unspecified atom stereocenters. The zero-order valence-corrected chi connectivity index (χ0v) is 11.6. The molecule has 0 spiro atoms. The minimum Gasteiger partial charge on any atom is -0.398 e. The highest BCUT2D eigenvalue weighted by Gasteiger charge is 2.33. The van der Waals surface area contributed by atoms with Crippen LogP contribution in [0.1, 0.15) is 22.3 Å². The summed E-state index contributed by atoms with van der Waals surface area (Å²) < 4.78 is 48.7. The average molecular weight is 308 g/mol. The molecule has 112 valence electrons. The number of alkyl halides is 3. The molecule has 3 N–H and O–H groups in total. The van der Waals surface area contributed by atoms with Gasteiger partial charge in [0.1, 0.15) is 0 Å². The van der Waals surface area contributed by atoms with Gasteiger partial charge >= 0.3 is 6.18 Å². The summed E-state index contributed by atoms with van der Waals surface area (Å²) in [6, 6.07) is 3.01. The second kappa shape index (κ2) is 6.74. The zero-order chi connectivity index (χ0) is 15.3. The van der Waals surface area contributed by atoms with Crippen molar-refractivity contribution in [2.75, 3.05) is 24.3 Å². The van der Waals surface area contributed by atoms with Crippen molar-refractivity contribution in [1.29, 1.82) is 0 Å². The van der Waals surface area contributed by atoms with Crippen molar-refractivity contribution in [1.82, 2.24) is 5.32 Å². The number of halogens is 3. The summed E-state index contributed by atoms with van der Waals surface area (Å²) >= 11 is 0. The molecule has 0 saturated heterocycles. The minimum atomic E-state index is -4.60. The Morgan fingerprint density at radius 1 is 1.40 bits per heavy atom. The summed E-state index contributed by atoms with van der Waals surface area (Å²) in [4.78, 5) is 11.7. The van der Waals surface area contributed by atoms with Gasteiger partial charge < -0.3 is 11.1 Å². The van der Waals surface area contributed by atoms with Gasteiger partial charge in [-0.15, -0.1) is 0 Å². The van der Waals surface area contributed by atoms with E-state index in [-0.39, 0.29) is 12.1 Å². The molecule has 0 bridgehead atoms. The molecule has 4 nitrogen and oxygen atoms in total. The Morgan fingerprint density at radius 3 is 2.60 bits per heavy atom. The summed E-state index contributed by atoms with van der Waals surface area (Å²) in [6.07, 6.45) is -2.56. The van der Waals surface area contributed by atoms with Crippen molar-refractivity contribution in [3.63, 3.8) is 0 Å². The third-order valence-corrected chi connectivity index (χ3v) is 3.38. The number of nitrogens with two attached hydrogens (primary N) is 1. The van der Waals surface area contributed by atoms with Crippen LogP contribution in [-0.2, 0) is 17.0 Å². The molecule has 0 heterocycles. The molecule has 1 atom stereocenters. The van der Waals surface area contributed by atoms with Crippen molar-refractivity contribution >= 4 is 22.4 Å². The van der Waals surface area contributed by atoms with E-state index in [0.717, 1.165) is 12.1 Å². The third-order valence-electron chi connectivity index (χ3n) is 2.52. The highest BCUT2D eigenvalue weighted by Crippen LogP contribution is 2.33. The van der Waals surface area contributed by atoms with E-state index >= 15 is 0 Å². The van der Waals surface area contributed by atoms with Gasteiger partial charge in [0.05, 0.1) is 5.56 Å². The van der Waals surface area contributed by atoms with Crippen LogP contribution in [0.15, 0.2) is 18.2 Å². The lowest BCUT2D eigenvalue weighted by Crippen LogP contribution is -2.26. The van der Waals surface area contributed by atoms with Gasteiger partial charge in [0.25, 0.3) is 5.91 Å². The maximum atomic E-state index is 12.6. The van der Waals surface area contributed by atoms with Crippen LogP contribution in [-0.4, -0.2) is 28.7 Å². The molecular formula is C12H15F3N2O2S. The summed E-state index contributed by atoms with van der Waals surface area (Å²) in [5, 5.41) is 2.47. The lowest BCUT2D eigenvalue weighted by atomic mass is 10.1. The average Bonchev–Trinajstić information content (AvgIpc) is 2.33. The zero-order valence-electron chi connectivity index (χ0n) is 10.8. The number of benzene rings is 1. The molecule has 0 radical (unpaired) electrons. The standard InChI is InChI=1S/C12H15F3N2O2S/c1-20(19)6-2-5-17-11(18)8-3-4-10(16)9(7-8)12(13,14)15/h3-4,7H,2,5-6,16H2,1H3,(H,17,18). The Balaban J connectivity index is 2.72. The van der Waals surface area contributed by atoms with Crippen LogP contribution in [0, 0.1) is 0 Å². The summed E-state index contributed by atoms with van der Waals surface area (Å²) in [7, 11) is -0.960. The SMILES string of the molecule is CS(=O)CCCNC(=O)c1ccc(N)c(C(F)(F)F)c1. The third kappa shape index (κ3) is 4.84.